The SMILES string of the molecule is Cc1noc(C)c1CNCCN(CC(C)O)C(=O)OC(C)(C)C. The normalized spacial score (nSPS) is 13.0. The summed E-state index contributed by atoms with van der Waals surface area (Å²) < 4.78 is 10.5. The first kappa shape index (κ1) is 19.4. The average molecular weight is 327 g/mol. The second-order valence-electron chi connectivity index (χ2n) is 6.75. The maximum atomic E-state index is 12.2. The number of hydrogen-bond donors (Lipinski definition) is 2. The first-order valence-electron chi connectivity index (χ1n) is 7.88. The molecular formula is C16H29N3O4. The molecule has 1 rings (SSSR count). The van der Waals surface area contributed by atoms with Gasteiger partial charge < -0.3 is 24.6 Å². The molecule has 7 heteroatoms. The number of hydrogen-bond acceptors (Lipinski definition) is 6. The van der Waals surface area contributed by atoms with Crippen molar-refractivity contribution in [2.24, 2.45) is 0 Å². The van der Waals surface area contributed by atoms with Crippen molar-refractivity contribution in [2.75, 3.05) is 19.6 Å². The van der Waals surface area contributed by atoms with Crippen molar-refractivity contribution < 1.29 is 19.2 Å². The number of aliphatic hydroxyl groups excluding tert-OH is 1. The third kappa shape index (κ3) is 7.00. The highest BCUT2D eigenvalue weighted by molar-refractivity contribution is 5.68. The van der Waals surface area contributed by atoms with Crippen LogP contribution in [-0.4, -0.2) is 52.6 Å². The predicted octanol–water partition coefficient (Wildman–Crippen LogP) is 2.00. The Morgan fingerprint density at radius 2 is 2.09 bits per heavy atom. The minimum absolute atomic E-state index is 0.238. The number of nitrogens with zero attached hydrogens (tertiary/aromatic N) is 2. The van der Waals surface area contributed by atoms with E-state index >= 15 is 0 Å². The Hall–Kier alpha value is -1.60. The zero-order valence-electron chi connectivity index (χ0n) is 15.0. The molecule has 0 bridgehead atoms. The van der Waals surface area contributed by atoms with Crippen LogP contribution in [0.1, 0.15) is 44.7 Å². The van der Waals surface area contributed by atoms with Crippen molar-refractivity contribution in [3.05, 3.63) is 17.0 Å². The summed E-state index contributed by atoms with van der Waals surface area (Å²) in [4.78, 5) is 13.7. The van der Waals surface area contributed by atoms with Gasteiger partial charge in [0.2, 0.25) is 0 Å². The highest BCUT2D eigenvalue weighted by Crippen LogP contribution is 2.12. The number of ether oxygens (including phenoxy) is 1. The van der Waals surface area contributed by atoms with Crippen molar-refractivity contribution >= 4 is 6.09 Å². The van der Waals surface area contributed by atoms with Gasteiger partial charge in [0, 0.05) is 31.7 Å². The maximum Gasteiger partial charge on any atom is 0.410 e. The molecule has 1 amide bonds. The molecule has 0 aliphatic carbocycles. The van der Waals surface area contributed by atoms with E-state index in [0.717, 1.165) is 17.0 Å². The van der Waals surface area contributed by atoms with Gasteiger partial charge in [-0.25, -0.2) is 4.79 Å². The number of aliphatic hydroxyl groups is 1. The number of carbonyl (C=O) groups is 1. The molecule has 0 saturated heterocycles. The van der Waals surface area contributed by atoms with Crippen molar-refractivity contribution in [3.8, 4) is 0 Å². The molecule has 1 aromatic rings. The molecule has 0 spiro atoms. The summed E-state index contributed by atoms with van der Waals surface area (Å²) in [7, 11) is 0. The van der Waals surface area contributed by atoms with Gasteiger partial charge in [-0.1, -0.05) is 5.16 Å². The Morgan fingerprint density at radius 1 is 1.43 bits per heavy atom. The summed E-state index contributed by atoms with van der Waals surface area (Å²) in [6.07, 6.45) is -1.03. The van der Waals surface area contributed by atoms with Gasteiger partial charge in [-0.15, -0.1) is 0 Å². The lowest BCUT2D eigenvalue weighted by atomic mass is 10.2. The molecule has 7 nitrogen and oxygen atoms in total. The van der Waals surface area contributed by atoms with Gasteiger partial charge in [-0.05, 0) is 41.5 Å². The number of aryl methyl sites for hydroxylation is 2. The molecule has 0 fully saturated rings. The number of nitrogens with one attached hydrogen (secondary N) is 1. The fourth-order valence-electron chi connectivity index (χ4n) is 2.08. The number of carbonyl (C=O) groups excluding carboxylic acids is 1. The summed E-state index contributed by atoms with van der Waals surface area (Å²) in [5.74, 6) is 0.794. The Bertz CT molecular complexity index is 486. The third-order valence-corrected chi connectivity index (χ3v) is 3.18. The van der Waals surface area contributed by atoms with Gasteiger partial charge in [-0.3, -0.25) is 0 Å². The van der Waals surface area contributed by atoms with Crippen LogP contribution in [0.3, 0.4) is 0 Å². The van der Waals surface area contributed by atoms with E-state index < -0.39 is 17.8 Å². The molecule has 1 unspecified atom stereocenters. The van der Waals surface area contributed by atoms with Gasteiger partial charge in [0.1, 0.15) is 11.4 Å². The summed E-state index contributed by atoms with van der Waals surface area (Å²) in [6, 6.07) is 0. The van der Waals surface area contributed by atoms with E-state index in [1.165, 1.54) is 4.90 Å². The summed E-state index contributed by atoms with van der Waals surface area (Å²) in [6.45, 7) is 12.8. The van der Waals surface area contributed by atoms with Crippen molar-refractivity contribution in [3.63, 3.8) is 0 Å². The topological polar surface area (TPSA) is 87.8 Å². The van der Waals surface area contributed by atoms with Gasteiger partial charge in [-0.2, -0.15) is 0 Å². The van der Waals surface area contributed by atoms with E-state index in [0.29, 0.717) is 19.6 Å². The monoisotopic (exact) mass is 327 g/mol. The quantitative estimate of drug-likeness (QED) is 0.745. The summed E-state index contributed by atoms with van der Waals surface area (Å²) in [5, 5.41) is 16.7. The van der Waals surface area contributed by atoms with E-state index in [1.54, 1.807) is 6.92 Å². The highest BCUT2D eigenvalue weighted by Gasteiger charge is 2.22. The molecule has 1 aromatic heterocycles. The second-order valence-corrected chi connectivity index (χ2v) is 6.75. The molecule has 0 aliphatic heterocycles. The van der Waals surface area contributed by atoms with Crippen LogP contribution in [-0.2, 0) is 11.3 Å². The van der Waals surface area contributed by atoms with Crippen LogP contribution < -0.4 is 5.32 Å². The standard InChI is InChI=1S/C16H29N3O4/c1-11(20)10-19(15(21)22-16(4,5)6)8-7-17-9-14-12(2)18-23-13(14)3/h11,17,20H,7-10H2,1-6H3. The zero-order valence-corrected chi connectivity index (χ0v) is 15.0. The number of rotatable bonds is 7. The van der Waals surface area contributed by atoms with Gasteiger partial charge in [0.05, 0.1) is 11.8 Å². The maximum absolute atomic E-state index is 12.2. The molecule has 0 aromatic carbocycles. The lowest BCUT2D eigenvalue weighted by molar-refractivity contribution is 0.0164. The van der Waals surface area contributed by atoms with E-state index in [2.05, 4.69) is 10.5 Å². The minimum atomic E-state index is -0.606. The van der Waals surface area contributed by atoms with Crippen molar-refractivity contribution in [1.29, 1.82) is 0 Å². The average Bonchev–Trinajstić information content (AvgIpc) is 2.71. The Balaban J connectivity index is 2.49. The van der Waals surface area contributed by atoms with Crippen LogP contribution in [0.4, 0.5) is 4.79 Å². The third-order valence-electron chi connectivity index (χ3n) is 3.18. The van der Waals surface area contributed by atoms with E-state index in [4.69, 9.17) is 9.26 Å². The van der Waals surface area contributed by atoms with Gasteiger partial charge in [0.15, 0.2) is 0 Å². The molecule has 1 atom stereocenters. The van der Waals surface area contributed by atoms with E-state index in [1.807, 2.05) is 34.6 Å². The summed E-state index contributed by atoms with van der Waals surface area (Å²) >= 11 is 0. The van der Waals surface area contributed by atoms with Gasteiger partial charge >= 0.3 is 6.09 Å². The largest absolute Gasteiger partial charge is 0.444 e. The van der Waals surface area contributed by atoms with Crippen molar-refractivity contribution in [1.82, 2.24) is 15.4 Å². The first-order chi connectivity index (χ1) is 10.6. The molecular weight excluding hydrogens is 298 g/mol. The highest BCUT2D eigenvalue weighted by atomic mass is 16.6. The predicted molar refractivity (Wildman–Crippen MR) is 87.2 cm³/mol. The first-order valence-corrected chi connectivity index (χ1v) is 7.88. The second kappa shape index (κ2) is 8.31. The van der Waals surface area contributed by atoms with E-state index in [-0.39, 0.29) is 6.54 Å². The van der Waals surface area contributed by atoms with Crippen LogP contribution in [0, 0.1) is 13.8 Å². The number of aromatic nitrogens is 1. The molecule has 23 heavy (non-hydrogen) atoms. The number of amides is 1. The summed E-state index contributed by atoms with van der Waals surface area (Å²) in [5.41, 5.74) is 1.34. The molecule has 1 heterocycles. The van der Waals surface area contributed by atoms with Crippen LogP contribution in [0.15, 0.2) is 4.52 Å². The van der Waals surface area contributed by atoms with Crippen LogP contribution in [0.2, 0.25) is 0 Å². The Kier molecular flexibility index (Phi) is 7.02. The van der Waals surface area contributed by atoms with Crippen LogP contribution in [0.5, 0.6) is 0 Å². The van der Waals surface area contributed by atoms with Crippen LogP contribution >= 0.6 is 0 Å². The Morgan fingerprint density at radius 3 is 2.57 bits per heavy atom. The molecule has 0 aliphatic rings. The zero-order chi connectivity index (χ0) is 17.6. The molecule has 0 radical (unpaired) electrons. The smallest absolute Gasteiger partial charge is 0.410 e. The molecule has 132 valence electrons. The Labute approximate surface area is 138 Å². The van der Waals surface area contributed by atoms with Crippen molar-refractivity contribution in [2.45, 2.75) is 59.8 Å². The minimum Gasteiger partial charge on any atom is -0.444 e. The lowest BCUT2D eigenvalue weighted by Gasteiger charge is -2.28. The fraction of sp³-hybridized carbons (Fsp3) is 0.750. The lowest BCUT2D eigenvalue weighted by Crippen LogP contribution is -2.43. The molecule has 0 saturated carbocycles. The van der Waals surface area contributed by atoms with E-state index in [9.17, 15) is 9.90 Å². The van der Waals surface area contributed by atoms with Gasteiger partial charge in [0.25, 0.3) is 0 Å². The molecule has 2 N–H and O–H groups in total. The fourth-order valence-corrected chi connectivity index (χ4v) is 2.08. The van der Waals surface area contributed by atoms with Crippen LogP contribution in [0.25, 0.3) is 0 Å².